The molecule has 2 nitrogen and oxygen atoms in total. The number of rotatable bonds is 4. The molecule has 0 bridgehead atoms. The highest BCUT2D eigenvalue weighted by Crippen LogP contribution is 2.26. The van der Waals surface area contributed by atoms with Gasteiger partial charge in [0.15, 0.2) is 0 Å². The van der Waals surface area contributed by atoms with Crippen molar-refractivity contribution in [3.63, 3.8) is 0 Å². The molecular weight excluding hydrogens is 208 g/mol. The van der Waals surface area contributed by atoms with Crippen molar-refractivity contribution < 1.29 is 0 Å². The molecule has 1 aromatic rings. The van der Waals surface area contributed by atoms with Gasteiger partial charge in [0.05, 0.1) is 0 Å². The first kappa shape index (κ1) is 14.0. The van der Waals surface area contributed by atoms with Gasteiger partial charge >= 0.3 is 0 Å². The zero-order valence-corrected chi connectivity index (χ0v) is 12.1. The molecule has 0 aliphatic carbocycles. The van der Waals surface area contributed by atoms with Crippen molar-refractivity contribution in [2.45, 2.75) is 53.5 Å². The molecule has 2 heteroatoms. The van der Waals surface area contributed by atoms with Crippen LogP contribution in [-0.2, 0) is 0 Å². The molecule has 0 radical (unpaired) electrons. The van der Waals surface area contributed by atoms with Crippen LogP contribution in [0.4, 0.5) is 5.69 Å². The van der Waals surface area contributed by atoms with Crippen molar-refractivity contribution in [3.8, 4) is 0 Å². The highest BCUT2D eigenvalue weighted by molar-refractivity contribution is 5.62. The minimum atomic E-state index is -0.103. The molecule has 3 N–H and O–H groups in total. The van der Waals surface area contributed by atoms with Crippen LogP contribution in [0.1, 0.15) is 42.5 Å². The fourth-order valence-corrected chi connectivity index (χ4v) is 1.99. The van der Waals surface area contributed by atoms with E-state index >= 15 is 0 Å². The van der Waals surface area contributed by atoms with Gasteiger partial charge in [0, 0.05) is 17.8 Å². The summed E-state index contributed by atoms with van der Waals surface area (Å²) in [6, 6.07) is 2.25. The highest BCUT2D eigenvalue weighted by atomic mass is 14.9. The molecule has 0 aliphatic rings. The molecule has 96 valence electrons. The lowest BCUT2D eigenvalue weighted by Gasteiger charge is -2.21. The predicted octanol–water partition coefficient (Wildman–Crippen LogP) is 3.46. The second kappa shape index (κ2) is 5.09. The summed E-state index contributed by atoms with van der Waals surface area (Å²) >= 11 is 0. The Morgan fingerprint density at radius 1 is 1.06 bits per heavy atom. The largest absolute Gasteiger partial charge is 0.385 e. The maximum atomic E-state index is 6.00. The molecule has 0 heterocycles. The van der Waals surface area contributed by atoms with Gasteiger partial charge in [0.1, 0.15) is 0 Å². The summed E-state index contributed by atoms with van der Waals surface area (Å²) in [4.78, 5) is 0. The summed E-state index contributed by atoms with van der Waals surface area (Å²) in [5, 5.41) is 3.54. The summed E-state index contributed by atoms with van der Waals surface area (Å²) in [5.74, 6) is 0. The van der Waals surface area contributed by atoms with Gasteiger partial charge in [-0.2, -0.15) is 0 Å². The Kier molecular flexibility index (Phi) is 4.21. The molecule has 0 saturated heterocycles. The normalized spacial score (nSPS) is 11.7. The number of nitrogens with two attached hydrogens (primary N) is 1. The standard InChI is InChI=1S/C15H26N2/c1-10-9-11(2)13(4)14(12(10)3)17-8-7-15(5,6)16/h9,17H,7-8,16H2,1-6H3. The Hall–Kier alpha value is -1.02. The zero-order valence-electron chi connectivity index (χ0n) is 12.1. The van der Waals surface area contributed by atoms with Gasteiger partial charge in [0.25, 0.3) is 0 Å². The first-order valence-electron chi connectivity index (χ1n) is 6.32. The maximum Gasteiger partial charge on any atom is 0.0404 e. The van der Waals surface area contributed by atoms with E-state index in [0.29, 0.717) is 0 Å². The Morgan fingerprint density at radius 3 is 1.94 bits per heavy atom. The van der Waals surface area contributed by atoms with E-state index in [9.17, 15) is 0 Å². The molecule has 17 heavy (non-hydrogen) atoms. The summed E-state index contributed by atoms with van der Waals surface area (Å²) < 4.78 is 0. The van der Waals surface area contributed by atoms with E-state index < -0.39 is 0 Å². The number of nitrogens with one attached hydrogen (secondary N) is 1. The Labute approximate surface area is 106 Å². The number of anilines is 1. The van der Waals surface area contributed by atoms with Crippen LogP contribution in [0.5, 0.6) is 0 Å². The van der Waals surface area contributed by atoms with E-state index in [4.69, 9.17) is 5.73 Å². The Balaban J connectivity index is 2.84. The van der Waals surface area contributed by atoms with E-state index in [1.807, 2.05) is 0 Å². The monoisotopic (exact) mass is 234 g/mol. The lowest BCUT2D eigenvalue weighted by Crippen LogP contribution is -2.34. The van der Waals surface area contributed by atoms with Gasteiger partial charge in [-0.05, 0) is 70.2 Å². The van der Waals surface area contributed by atoms with Gasteiger partial charge in [-0.1, -0.05) is 6.07 Å². The van der Waals surface area contributed by atoms with Crippen molar-refractivity contribution in [1.82, 2.24) is 0 Å². The van der Waals surface area contributed by atoms with Crippen molar-refractivity contribution in [2.24, 2.45) is 5.73 Å². The molecule has 0 saturated carbocycles. The lowest BCUT2D eigenvalue weighted by atomic mass is 9.98. The molecule has 0 amide bonds. The number of hydrogen-bond acceptors (Lipinski definition) is 2. The zero-order chi connectivity index (χ0) is 13.2. The van der Waals surface area contributed by atoms with Crippen LogP contribution in [0.3, 0.4) is 0 Å². The van der Waals surface area contributed by atoms with Crippen LogP contribution in [0.2, 0.25) is 0 Å². The molecule has 1 aromatic carbocycles. The fraction of sp³-hybridized carbons (Fsp3) is 0.600. The van der Waals surface area contributed by atoms with E-state index in [1.165, 1.54) is 27.9 Å². The summed E-state index contributed by atoms with van der Waals surface area (Å²) in [6.07, 6.45) is 0.971. The minimum Gasteiger partial charge on any atom is -0.385 e. The van der Waals surface area contributed by atoms with Crippen molar-refractivity contribution in [3.05, 3.63) is 28.3 Å². The van der Waals surface area contributed by atoms with Gasteiger partial charge in [-0.25, -0.2) is 0 Å². The fourth-order valence-electron chi connectivity index (χ4n) is 1.99. The lowest BCUT2D eigenvalue weighted by molar-refractivity contribution is 0.490. The first-order valence-corrected chi connectivity index (χ1v) is 6.32. The smallest absolute Gasteiger partial charge is 0.0404 e. The van der Waals surface area contributed by atoms with Crippen LogP contribution in [-0.4, -0.2) is 12.1 Å². The quantitative estimate of drug-likeness (QED) is 0.837. The molecule has 1 rings (SSSR count). The maximum absolute atomic E-state index is 6.00. The second-order valence-corrected chi connectivity index (χ2v) is 5.80. The SMILES string of the molecule is Cc1cc(C)c(C)c(NCCC(C)(C)N)c1C. The average molecular weight is 234 g/mol. The van der Waals surface area contributed by atoms with E-state index in [-0.39, 0.29) is 5.54 Å². The van der Waals surface area contributed by atoms with E-state index in [2.05, 4.69) is 52.9 Å². The number of benzene rings is 1. The van der Waals surface area contributed by atoms with Gasteiger partial charge in [0.2, 0.25) is 0 Å². The van der Waals surface area contributed by atoms with Crippen molar-refractivity contribution in [1.29, 1.82) is 0 Å². The van der Waals surface area contributed by atoms with Gasteiger partial charge in [-0.15, -0.1) is 0 Å². The predicted molar refractivity (Wildman–Crippen MR) is 76.8 cm³/mol. The average Bonchev–Trinajstić information content (AvgIpc) is 2.19. The molecule has 0 fully saturated rings. The van der Waals surface area contributed by atoms with E-state index in [0.717, 1.165) is 13.0 Å². The van der Waals surface area contributed by atoms with Crippen LogP contribution >= 0.6 is 0 Å². The molecule has 0 spiro atoms. The Morgan fingerprint density at radius 2 is 1.53 bits per heavy atom. The molecule has 0 aliphatic heterocycles. The van der Waals surface area contributed by atoms with Crippen LogP contribution in [0, 0.1) is 27.7 Å². The highest BCUT2D eigenvalue weighted by Gasteiger charge is 2.12. The van der Waals surface area contributed by atoms with Crippen molar-refractivity contribution in [2.75, 3.05) is 11.9 Å². The van der Waals surface area contributed by atoms with Gasteiger partial charge in [-0.3, -0.25) is 0 Å². The van der Waals surface area contributed by atoms with Crippen LogP contribution in [0.15, 0.2) is 6.07 Å². The number of hydrogen-bond donors (Lipinski definition) is 2. The third-order valence-corrected chi connectivity index (χ3v) is 3.44. The molecule has 0 unspecified atom stereocenters. The topological polar surface area (TPSA) is 38.0 Å². The van der Waals surface area contributed by atoms with Crippen molar-refractivity contribution >= 4 is 5.69 Å². The van der Waals surface area contributed by atoms with Crippen LogP contribution < -0.4 is 11.1 Å². The third-order valence-electron chi connectivity index (χ3n) is 3.44. The minimum absolute atomic E-state index is 0.103. The molecular formula is C15H26N2. The second-order valence-electron chi connectivity index (χ2n) is 5.80. The van der Waals surface area contributed by atoms with Gasteiger partial charge < -0.3 is 11.1 Å². The first-order chi connectivity index (χ1) is 7.72. The van der Waals surface area contributed by atoms with E-state index in [1.54, 1.807) is 0 Å². The molecule has 0 aromatic heterocycles. The summed E-state index contributed by atoms with van der Waals surface area (Å²) in [5.41, 5.74) is 12.6. The third kappa shape index (κ3) is 3.74. The molecule has 0 atom stereocenters. The number of aryl methyl sites for hydroxylation is 2. The summed E-state index contributed by atoms with van der Waals surface area (Å²) in [6.45, 7) is 13.7. The van der Waals surface area contributed by atoms with Crippen LogP contribution in [0.25, 0.3) is 0 Å². The Bertz CT molecular complexity index is 374. The summed E-state index contributed by atoms with van der Waals surface area (Å²) in [7, 11) is 0.